The zero-order valence-corrected chi connectivity index (χ0v) is 13.6. The van der Waals surface area contributed by atoms with E-state index in [2.05, 4.69) is 0 Å². The molecule has 1 heterocycles. The number of para-hydroxylation sites is 3. The number of hydrogen-bond donors (Lipinski definition) is 0. The largest absolute Gasteiger partial charge is 0.495 e. The van der Waals surface area contributed by atoms with Gasteiger partial charge in [0.05, 0.1) is 23.9 Å². The highest BCUT2D eigenvalue weighted by atomic mass is 32.1. The molecule has 0 unspecified atom stereocenters. The van der Waals surface area contributed by atoms with E-state index in [1.54, 1.807) is 12.0 Å². The second-order valence-corrected chi connectivity index (χ2v) is 6.19. The number of amides is 1. The maximum Gasteiger partial charge on any atom is 0.242 e. The third-order valence-electron chi connectivity index (χ3n) is 4.02. The van der Waals surface area contributed by atoms with Gasteiger partial charge in [0.1, 0.15) is 5.75 Å². The molecule has 22 heavy (non-hydrogen) atoms. The minimum Gasteiger partial charge on any atom is -0.495 e. The molecule has 1 aliphatic heterocycles. The summed E-state index contributed by atoms with van der Waals surface area (Å²) in [6.07, 6.45) is 0. The summed E-state index contributed by atoms with van der Waals surface area (Å²) in [7, 11) is 1.61. The van der Waals surface area contributed by atoms with Gasteiger partial charge in [-0.05, 0) is 32.0 Å². The first-order chi connectivity index (χ1) is 10.5. The van der Waals surface area contributed by atoms with E-state index in [0.29, 0.717) is 10.6 Å². The Balaban J connectivity index is 2.29. The first-order valence-electron chi connectivity index (χ1n) is 7.10. The van der Waals surface area contributed by atoms with Crippen molar-refractivity contribution >= 4 is 34.4 Å². The summed E-state index contributed by atoms with van der Waals surface area (Å²) in [5.41, 5.74) is 1.73. The van der Waals surface area contributed by atoms with Gasteiger partial charge in [0.25, 0.3) is 0 Å². The number of hydrogen-bond acceptors (Lipinski definition) is 3. The van der Waals surface area contributed by atoms with E-state index in [0.717, 1.165) is 16.9 Å². The summed E-state index contributed by atoms with van der Waals surface area (Å²) in [6, 6.07) is 15.3. The van der Waals surface area contributed by atoms with Crippen LogP contribution in [-0.2, 0) is 4.79 Å². The highest BCUT2D eigenvalue weighted by molar-refractivity contribution is 7.81. The van der Waals surface area contributed by atoms with E-state index < -0.39 is 5.41 Å². The molecule has 0 fully saturated rings. The lowest BCUT2D eigenvalue weighted by Gasteiger charge is -2.39. The molecule has 112 valence electrons. The van der Waals surface area contributed by atoms with Crippen LogP contribution >= 0.6 is 12.2 Å². The number of carbonyl (C=O) groups is 1. The lowest BCUT2D eigenvalue weighted by Crippen LogP contribution is -2.47. The van der Waals surface area contributed by atoms with Crippen molar-refractivity contribution < 1.29 is 9.53 Å². The zero-order valence-electron chi connectivity index (χ0n) is 12.8. The smallest absolute Gasteiger partial charge is 0.242 e. The molecule has 0 N–H and O–H groups in total. The topological polar surface area (TPSA) is 29.5 Å². The Labute approximate surface area is 135 Å². The first kappa shape index (κ1) is 14.7. The number of fused-ring (bicyclic) bond motifs is 1. The van der Waals surface area contributed by atoms with Crippen molar-refractivity contribution in [2.75, 3.05) is 12.0 Å². The molecule has 0 aromatic heterocycles. The predicted octanol–water partition coefficient (Wildman–Crippen LogP) is 4.12. The molecular formula is C18H17NO2S. The van der Waals surface area contributed by atoms with Gasteiger partial charge in [-0.25, -0.2) is 0 Å². The van der Waals surface area contributed by atoms with Crippen LogP contribution < -0.4 is 9.64 Å². The molecule has 4 heteroatoms. The van der Waals surface area contributed by atoms with Crippen molar-refractivity contribution in [2.24, 2.45) is 5.41 Å². The summed E-state index contributed by atoms with van der Waals surface area (Å²) in [5, 5.41) is 0. The third kappa shape index (κ3) is 2.03. The number of anilines is 2. The standard InChI is InChI=1S/C18H17NO2S/c1-18(2)16(22)12-8-4-5-9-13(12)19(17(18)20)14-10-6-7-11-15(14)21-3/h4-11H,1-3H3. The second kappa shape index (κ2) is 5.21. The molecule has 3 rings (SSSR count). The van der Waals surface area contributed by atoms with Gasteiger partial charge in [0.15, 0.2) is 0 Å². The highest BCUT2D eigenvalue weighted by Crippen LogP contribution is 2.44. The van der Waals surface area contributed by atoms with E-state index in [4.69, 9.17) is 17.0 Å². The monoisotopic (exact) mass is 311 g/mol. The lowest BCUT2D eigenvalue weighted by atomic mass is 9.79. The number of methoxy groups -OCH3 is 1. The SMILES string of the molecule is COc1ccccc1N1C(=O)C(C)(C)C(=S)c2ccccc21. The minimum absolute atomic E-state index is 0.0410. The fourth-order valence-electron chi connectivity index (χ4n) is 2.74. The van der Waals surface area contributed by atoms with Crippen LogP contribution in [0.5, 0.6) is 5.75 Å². The molecule has 0 radical (unpaired) electrons. The van der Waals surface area contributed by atoms with Crippen LogP contribution in [0.1, 0.15) is 19.4 Å². The Morgan fingerprint density at radius 1 is 1.00 bits per heavy atom. The first-order valence-corrected chi connectivity index (χ1v) is 7.50. The molecule has 0 bridgehead atoms. The molecular weight excluding hydrogens is 294 g/mol. The van der Waals surface area contributed by atoms with Gasteiger partial charge in [-0.15, -0.1) is 0 Å². The molecule has 1 amide bonds. The number of nitrogens with zero attached hydrogens (tertiary/aromatic N) is 1. The molecule has 0 spiro atoms. The van der Waals surface area contributed by atoms with Gasteiger partial charge in [-0.2, -0.15) is 0 Å². The van der Waals surface area contributed by atoms with Crippen molar-refractivity contribution in [3.8, 4) is 5.75 Å². The summed E-state index contributed by atoms with van der Waals surface area (Å²) in [6.45, 7) is 3.74. The van der Waals surface area contributed by atoms with E-state index in [9.17, 15) is 4.79 Å². The van der Waals surface area contributed by atoms with Crippen LogP contribution in [0.4, 0.5) is 11.4 Å². The fourth-order valence-corrected chi connectivity index (χ4v) is 3.00. The molecule has 1 aliphatic rings. The van der Waals surface area contributed by atoms with Crippen LogP contribution in [0.15, 0.2) is 48.5 Å². The average molecular weight is 311 g/mol. The molecule has 2 aromatic carbocycles. The Morgan fingerprint density at radius 2 is 1.59 bits per heavy atom. The third-order valence-corrected chi connectivity index (χ3v) is 4.75. The minimum atomic E-state index is -0.732. The van der Waals surface area contributed by atoms with Crippen LogP contribution in [0, 0.1) is 5.41 Å². The van der Waals surface area contributed by atoms with Crippen LogP contribution in [0.2, 0.25) is 0 Å². The molecule has 0 saturated carbocycles. The Morgan fingerprint density at radius 3 is 2.27 bits per heavy atom. The summed E-state index contributed by atoms with van der Waals surface area (Å²) >= 11 is 5.56. The van der Waals surface area contributed by atoms with E-state index in [-0.39, 0.29) is 5.91 Å². The molecule has 0 aliphatic carbocycles. The maximum atomic E-state index is 13.1. The van der Waals surface area contributed by atoms with Gasteiger partial charge in [0.2, 0.25) is 5.91 Å². The average Bonchev–Trinajstić information content (AvgIpc) is 2.54. The van der Waals surface area contributed by atoms with E-state index >= 15 is 0 Å². The normalized spacial score (nSPS) is 16.4. The van der Waals surface area contributed by atoms with Crippen molar-refractivity contribution in [1.82, 2.24) is 0 Å². The molecule has 3 nitrogen and oxygen atoms in total. The van der Waals surface area contributed by atoms with Crippen LogP contribution in [0.25, 0.3) is 0 Å². The summed E-state index contributed by atoms with van der Waals surface area (Å²) < 4.78 is 5.43. The van der Waals surface area contributed by atoms with E-state index in [1.807, 2.05) is 62.4 Å². The number of carbonyl (C=O) groups excluding carboxylic acids is 1. The van der Waals surface area contributed by atoms with E-state index in [1.165, 1.54) is 0 Å². The number of rotatable bonds is 2. The van der Waals surface area contributed by atoms with Crippen molar-refractivity contribution in [3.63, 3.8) is 0 Å². The van der Waals surface area contributed by atoms with Gasteiger partial charge in [0, 0.05) is 10.4 Å². The van der Waals surface area contributed by atoms with Crippen molar-refractivity contribution in [2.45, 2.75) is 13.8 Å². The van der Waals surface area contributed by atoms with Crippen LogP contribution in [0.3, 0.4) is 0 Å². The summed E-state index contributed by atoms with van der Waals surface area (Å²) in [5.74, 6) is 0.620. The fraction of sp³-hybridized carbons (Fsp3) is 0.222. The zero-order chi connectivity index (χ0) is 15.9. The molecule has 2 aromatic rings. The molecule has 0 atom stereocenters. The maximum absolute atomic E-state index is 13.1. The Hall–Kier alpha value is -2.20. The number of ether oxygens (including phenoxy) is 1. The Bertz CT molecular complexity index is 767. The number of benzene rings is 2. The van der Waals surface area contributed by atoms with Crippen molar-refractivity contribution in [1.29, 1.82) is 0 Å². The van der Waals surface area contributed by atoms with Crippen LogP contribution in [-0.4, -0.2) is 17.9 Å². The molecule has 0 saturated heterocycles. The quantitative estimate of drug-likeness (QED) is 0.781. The number of thiocarbonyl (C=S) groups is 1. The second-order valence-electron chi connectivity index (χ2n) is 5.78. The lowest BCUT2D eigenvalue weighted by molar-refractivity contribution is -0.123. The predicted molar refractivity (Wildman–Crippen MR) is 92.1 cm³/mol. The van der Waals surface area contributed by atoms with Gasteiger partial charge >= 0.3 is 0 Å². The van der Waals surface area contributed by atoms with Gasteiger partial charge in [-0.1, -0.05) is 42.5 Å². The van der Waals surface area contributed by atoms with Crippen molar-refractivity contribution in [3.05, 3.63) is 54.1 Å². The van der Waals surface area contributed by atoms with Gasteiger partial charge in [-0.3, -0.25) is 9.69 Å². The Kier molecular flexibility index (Phi) is 3.49. The van der Waals surface area contributed by atoms with Gasteiger partial charge < -0.3 is 4.74 Å². The summed E-state index contributed by atoms with van der Waals surface area (Å²) in [4.78, 5) is 15.5. The highest BCUT2D eigenvalue weighted by Gasteiger charge is 2.44.